The molecule has 4 aromatic rings. The van der Waals surface area contributed by atoms with Crippen molar-refractivity contribution in [2.24, 2.45) is 0 Å². The zero-order valence-corrected chi connectivity index (χ0v) is 18.1. The summed E-state index contributed by atoms with van der Waals surface area (Å²) in [5, 5.41) is 6.68. The molecule has 0 saturated heterocycles. The fourth-order valence-electron chi connectivity index (χ4n) is 3.56. The van der Waals surface area contributed by atoms with E-state index in [2.05, 4.69) is 10.5 Å². The van der Waals surface area contributed by atoms with Crippen molar-refractivity contribution < 1.29 is 28.0 Å². The van der Waals surface area contributed by atoms with Crippen LogP contribution in [0.3, 0.4) is 0 Å². The average Bonchev–Trinajstić information content (AvgIpc) is 3.64. The van der Waals surface area contributed by atoms with Crippen molar-refractivity contribution in [2.75, 3.05) is 6.79 Å². The number of aromatic nitrogens is 1. The van der Waals surface area contributed by atoms with Gasteiger partial charge in [-0.25, -0.2) is 0 Å². The van der Waals surface area contributed by atoms with Gasteiger partial charge in [0.25, 0.3) is 11.8 Å². The van der Waals surface area contributed by atoms with Crippen LogP contribution in [-0.2, 0) is 19.6 Å². The number of hydrogen-bond acceptors (Lipinski definition) is 7. The second kappa shape index (κ2) is 9.53. The first kappa shape index (κ1) is 21.3. The van der Waals surface area contributed by atoms with Gasteiger partial charge in [-0.2, -0.15) is 0 Å². The summed E-state index contributed by atoms with van der Waals surface area (Å²) in [4.78, 5) is 27.2. The van der Waals surface area contributed by atoms with Gasteiger partial charge in [-0.15, -0.1) is 0 Å². The molecule has 1 aliphatic heterocycles. The fourth-order valence-corrected chi connectivity index (χ4v) is 3.56. The molecular weight excluding hydrogens is 438 g/mol. The Labute approximate surface area is 194 Å². The Morgan fingerprint density at radius 2 is 1.74 bits per heavy atom. The Kier molecular flexibility index (Phi) is 5.98. The number of carbonyl (C=O) groups excluding carboxylic acids is 2. The van der Waals surface area contributed by atoms with Crippen molar-refractivity contribution in [2.45, 2.75) is 19.6 Å². The average molecular weight is 459 g/mol. The van der Waals surface area contributed by atoms with Gasteiger partial charge in [-0.05, 0) is 42.0 Å². The molecule has 9 nitrogen and oxygen atoms in total. The molecule has 2 aromatic carbocycles. The molecule has 0 spiro atoms. The lowest BCUT2D eigenvalue weighted by Crippen LogP contribution is -2.29. The molecule has 1 aliphatic rings. The number of benzene rings is 2. The maximum atomic E-state index is 13.1. The zero-order valence-electron chi connectivity index (χ0n) is 18.1. The normalized spacial score (nSPS) is 11.9. The summed E-state index contributed by atoms with van der Waals surface area (Å²) in [6.45, 7) is 0.843. The summed E-state index contributed by atoms with van der Waals surface area (Å²) in [5.41, 5.74) is 1.52. The predicted octanol–water partition coefficient (Wildman–Crippen LogP) is 3.77. The Balaban J connectivity index is 1.25. The Morgan fingerprint density at radius 3 is 2.56 bits per heavy atom. The van der Waals surface area contributed by atoms with E-state index >= 15 is 0 Å². The molecule has 0 saturated carbocycles. The van der Waals surface area contributed by atoms with E-state index in [9.17, 15) is 9.59 Å². The summed E-state index contributed by atoms with van der Waals surface area (Å²) in [6.07, 6.45) is 1.55. The van der Waals surface area contributed by atoms with E-state index in [4.69, 9.17) is 18.4 Å². The van der Waals surface area contributed by atoms with Crippen molar-refractivity contribution in [1.29, 1.82) is 0 Å². The molecule has 1 N–H and O–H groups in total. The largest absolute Gasteiger partial charge is 0.467 e. The number of nitrogens with zero attached hydrogens (tertiary/aromatic N) is 2. The molecule has 34 heavy (non-hydrogen) atoms. The Bertz CT molecular complexity index is 1280. The SMILES string of the molecule is O=C(NCc1ccc2c(c1)OCO2)c1cc(CN(Cc2ccco2)C(=O)c2ccccc2)on1. The number of hydrogen-bond donors (Lipinski definition) is 1. The molecule has 2 amide bonds. The van der Waals surface area contributed by atoms with Crippen molar-refractivity contribution in [3.63, 3.8) is 0 Å². The predicted molar refractivity (Wildman–Crippen MR) is 119 cm³/mol. The van der Waals surface area contributed by atoms with Gasteiger partial charge in [0.2, 0.25) is 6.79 Å². The van der Waals surface area contributed by atoms with Gasteiger partial charge in [0.15, 0.2) is 23.0 Å². The van der Waals surface area contributed by atoms with Gasteiger partial charge in [-0.1, -0.05) is 29.4 Å². The highest BCUT2D eigenvalue weighted by molar-refractivity contribution is 5.94. The highest BCUT2D eigenvalue weighted by Crippen LogP contribution is 2.32. The molecule has 9 heteroatoms. The zero-order chi connectivity index (χ0) is 23.3. The summed E-state index contributed by atoms with van der Waals surface area (Å²) < 4.78 is 21.4. The molecule has 172 valence electrons. The van der Waals surface area contributed by atoms with Crippen molar-refractivity contribution in [1.82, 2.24) is 15.4 Å². The van der Waals surface area contributed by atoms with E-state index in [-0.39, 0.29) is 43.9 Å². The van der Waals surface area contributed by atoms with Gasteiger partial charge in [0.05, 0.1) is 19.4 Å². The van der Waals surface area contributed by atoms with Crippen LogP contribution < -0.4 is 14.8 Å². The fraction of sp³-hybridized carbons (Fsp3) is 0.160. The minimum atomic E-state index is -0.389. The molecule has 0 unspecified atom stereocenters. The minimum absolute atomic E-state index is 0.122. The third kappa shape index (κ3) is 4.78. The van der Waals surface area contributed by atoms with Gasteiger partial charge in [0.1, 0.15) is 5.76 Å². The van der Waals surface area contributed by atoms with E-state index in [1.165, 1.54) is 6.07 Å². The van der Waals surface area contributed by atoms with Crippen LogP contribution in [0.4, 0.5) is 0 Å². The molecule has 3 heterocycles. The molecule has 0 fully saturated rings. The van der Waals surface area contributed by atoms with Crippen molar-refractivity contribution in [3.8, 4) is 11.5 Å². The third-order valence-electron chi connectivity index (χ3n) is 5.26. The van der Waals surface area contributed by atoms with Crippen LogP contribution in [0.2, 0.25) is 0 Å². The quantitative estimate of drug-likeness (QED) is 0.427. The number of rotatable bonds is 8. The number of carbonyl (C=O) groups is 2. The number of amides is 2. The lowest BCUT2D eigenvalue weighted by atomic mass is 10.2. The van der Waals surface area contributed by atoms with Crippen LogP contribution in [0.25, 0.3) is 0 Å². The maximum Gasteiger partial charge on any atom is 0.273 e. The number of furan rings is 1. The molecule has 0 atom stereocenters. The van der Waals surface area contributed by atoms with E-state index in [0.29, 0.717) is 28.6 Å². The molecule has 2 aromatic heterocycles. The monoisotopic (exact) mass is 459 g/mol. The lowest BCUT2D eigenvalue weighted by Gasteiger charge is -2.20. The smallest absolute Gasteiger partial charge is 0.273 e. The first-order chi connectivity index (χ1) is 16.7. The van der Waals surface area contributed by atoms with Gasteiger partial charge < -0.3 is 28.6 Å². The first-order valence-corrected chi connectivity index (χ1v) is 10.6. The van der Waals surface area contributed by atoms with Crippen LogP contribution >= 0.6 is 0 Å². The highest BCUT2D eigenvalue weighted by Gasteiger charge is 2.21. The maximum absolute atomic E-state index is 13.1. The molecule has 0 radical (unpaired) electrons. The van der Waals surface area contributed by atoms with Crippen molar-refractivity contribution in [3.05, 3.63) is 101 Å². The van der Waals surface area contributed by atoms with Gasteiger partial charge >= 0.3 is 0 Å². The van der Waals surface area contributed by atoms with E-state index < -0.39 is 0 Å². The molecule has 5 rings (SSSR count). The second-order valence-corrected chi connectivity index (χ2v) is 7.66. The topological polar surface area (TPSA) is 107 Å². The Morgan fingerprint density at radius 1 is 0.912 bits per heavy atom. The minimum Gasteiger partial charge on any atom is -0.467 e. The number of ether oxygens (including phenoxy) is 2. The van der Waals surface area contributed by atoms with Crippen molar-refractivity contribution >= 4 is 11.8 Å². The Hall–Kier alpha value is -4.53. The van der Waals surface area contributed by atoms with Crippen LogP contribution in [-0.4, -0.2) is 28.7 Å². The molecular formula is C25H21N3O6. The number of fused-ring (bicyclic) bond motifs is 1. The van der Waals surface area contributed by atoms with E-state index in [0.717, 1.165) is 5.56 Å². The lowest BCUT2D eigenvalue weighted by molar-refractivity contribution is 0.0700. The molecule has 0 bridgehead atoms. The van der Waals surface area contributed by atoms with Crippen LogP contribution in [0.5, 0.6) is 11.5 Å². The summed E-state index contributed by atoms with van der Waals surface area (Å²) in [7, 11) is 0. The van der Waals surface area contributed by atoms with Crippen LogP contribution in [0, 0.1) is 0 Å². The first-order valence-electron chi connectivity index (χ1n) is 10.6. The summed E-state index contributed by atoms with van der Waals surface area (Å²) in [6, 6.07) is 19.5. The van der Waals surface area contributed by atoms with Gasteiger partial charge in [-0.3, -0.25) is 9.59 Å². The van der Waals surface area contributed by atoms with E-state index in [1.54, 1.807) is 53.6 Å². The van der Waals surface area contributed by atoms with Crippen LogP contribution in [0.15, 0.2) is 81.9 Å². The second-order valence-electron chi connectivity index (χ2n) is 7.66. The molecule has 0 aliphatic carbocycles. The summed E-state index contributed by atoms with van der Waals surface area (Å²) >= 11 is 0. The summed E-state index contributed by atoms with van der Waals surface area (Å²) in [5.74, 6) is 1.76. The standard InChI is InChI=1S/C25H21N3O6/c29-24(26-13-17-8-9-22-23(11-17)33-16-32-22)21-12-20(34-27-21)15-28(14-19-7-4-10-31-19)25(30)18-5-2-1-3-6-18/h1-12H,13-16H2,(H,26,29). The third-order valence-corrected chi connectivity index (χ3v) is 5.26. The number of nitrogens with one attached hydrogen (secondary N) is 1. The van der Waals surface area contributed by atoms with Crippen LogP contribution in [0.1, 0.15) is 37.9 Å². The van der Waals surface area contributed by atoms with Gasteiger partial charge in [0, 0.05) is 18.2 Å². The van der Waals surface area contributed by atoms with E-state index in [1.807, 2.05) is 18.2 Å². The highest BCUT2D eigenvalue weighted by atomic mass is 16.7.